The molecule has 0 aliphatic heterocycles. The zero-order valence-corrected chi connectivity index (χ0v) is 14.2. The first kappa shape index (κ1) is 16.5. The van der Waals surface area contributed by atoms with Crippen LogP contribution in [0.15, 0.2) is 53.1 Å². The summed E-state index contributed by atoms with van der Waals surface area (Å²) in [6, 6.07) is 13.4. The summed E-state index contributed by atoms with van der Waals surface area (Å²) in [4.78, 5) is 16.6. The maximum atomic E-state index is 12.3. The van der Waals surface area contributed by atoms with Crippen LogP contribution in [-0.4, -0.2) is 16.0 Å². The Morgan fingerprint density at radius 3 is 2.54 bits per heavy atom. The largest absolute Gasteiger partial charge is 0.340 e. The van der Waals surface area contributed by atoms with E-state index in [0.717, 1.165) is 5.56 Å². The summed E-state index contributed by atoms with van der Waals surface area (Å²) in [7, 11) is 0. The fourth-order valence-electron chi connectivity index (χ4n) is 2.11. The molecule has 0 aliphatic carbocycles. The van der Waals surface area contributed by atoms with Crippen LogP contribution < -0.4 is 5.32 Å². The van der Waals surface area contributed by atoms with Gasteiger partial charge in [0, 0.05) is 10.6 Å². The summed E-state index contributed by atoms with van der Waals surface area (Å²) in [5, 5.41) is 7.73. The molecule has 3 aromatic rings. The van der Waals surface area contributed by atoms with E-state index >= 15 is 0 Å². The van der Waals surface area contributed by atoms with Gasteiger partial charge in [-0.25, -0.2) is 0 Å². The van der Waals surface area contributed by atoms with Crippen LogP contribution in [0.5, 0.6) is 0 Å². The Bertz CT molecular complexity index is 862. The maximum absolute atomic E-state index is 12.3. The normalized spacial score (nSPS) is 12.0. The van der Waals surface area contributed by atoms with Gasteiger partial charge in [0.05, 0.1) is 10.6 Å². The molecular formula is C17H13Cl2N3O2. The summed E-state index contributed by atoms with van der Waals surface area (Å²) < 4.78 is 5.24. The van der Waals surface area contributed by atoms with Gasteiger partial charge in [-0.3, -0.25) is 4.79 Å². The van der Waals surface area contributed by atoms with Gasteiger partial charge in [0.25, 0.3) is 5.91 Å². The molecular weight excluding hydrogens is 349 g/mol. The second-order valence-electron chi connectivity index (χ2n) is 5.14. The molecule has 7 heteroatoms. The zero-order valence-electron chi connectivity index (χ0n) is 12.7. The molecule has 1 N–H and O–H groups in total. The van der Waals surface area contributed by atoms with E-state index in [1.165, 1.54) is 0 Å². The maximum Gasteiger partial charge on any atom is 0.253 e. The number of carbonyl (C=O) groups is 1. The third kappa shape index (κ3) is 3.58. The first-order valence-corrected chi connectivity index (χ1v) is 7.95. The SMILES string of the molecule is CC(NC(=O)c1ccccc1Cl)c1nc(-c2ccc(Cl)cc2)no1. The van der Waals surface area contributed by atoms with Gasteiger partial charge < -0.3 is 9.84 Å². The second kappa shape index (κ2) is 7.03. The molecule has 0 saturated carbocycles. The number of carbonyl (C=O) groups excluding carboxylic acids is 1. The van der Waals surface area contributed by atoms with Crippen molar-refractivity contribution in [2.45, 2.75) is 13.0 Å². The summed E-state index contributed by atoms with van der Waals surface area (Å²) in [5.41, 5.74) is 1.17. The van der Waals surface area contributed by atoms with Crippen molar-refractivity contribution in [2.75, 3.05) is 0 Å². The highest BCUT2D eigenvalue weighted by Gasteiger charge is 2.19. The van der Waals surface area contributed by atoms with E-state index in [0.29, 0.717) is 27.3 Å². The summed E-state index contributed by atoms with van der Waals surface area (Å²) >= 11 is 11.9. The van der Waals surface area contributed by atoms with Crippen LogP contribution in [0.1, 0.15) is 29.2 Å². The van der Waals surface area contributed by atoms with E-state index in [4.69, 9.17) is 27.7 Å². The van der Waals surface area contributed by atoms with Crippen molar-refractivity contribution in [1.82, 2.24) is 15.5 Å². The minimum Gasteiger partial charge on any atom is -0.340 e. The van der Waals surface area contributed by atoms with Crippen LogP contribution in [0, 0.1) is 0 Å². The molecule has 1 amide bonds. The first-order chi connectivity index (χ1) is 11.5. The van der Waals surface area contributed by atoms with E-state index < -0.39 is 6.04 Å². The van der Waals surface area contributed by atoms with Gasteiger partial charge in [0.15, 0.2) is 0 Å². The molecule has 0 fully saturated rings. The number of benzene rings is 2. The minimum atomic E-state index is -0.456. The molecule has 0 aliphatic rings. The fourth-order valence-corrected chi connectivity index (χ4v) is 2.46. The van der Waals surface area contributed by atoms with Gasteiger partial charge in [-0.15, -0.1) is 0 Å². The minimum absolute atomic E-state index is 0.306. The Hall–Kier alpha value is -2.37. The Labute approximate surface area is 148 Å². The monoisotopic (exact) mass is 361 g/mol. The number of amides is 1. The van der Waals surface area contributed by atoms with E-state index in [-0.39, 0.29) is 5.91 Å². The van der Waals surface area contributed by atoms with Crippen molar-refractivity contribution in [1.29, 1.82) is 0 Å². The lowest BCUT2D eigenvalue weighted by Crippen LogP contribution is -2.27. The number of hydrogen-bond donors (Lipinski definition) is 1. The fraction of sp³-hybridized carbons (Fsp3) is 0.118. The third-order valence-electron chi connectivity index (χ3n) is 3.38. The summed E-state index contributed by atoms with van der Waals surface area (Å²) in [6.07, 6.45) is 0. The van der Waals surface area contributed by atoms with Crippen molar-refractivity contribution >= 4 is 29.1 Å². The van der Waals surface area contributed by atoms with Gasteiger partial charge in [-0.2, -0.15) is 4.98 Å². The van der Waals surface area contributed by atoms with Crippen molar-refractivity contribution < 1.29 is 9.32 Å². The lowest BCUT2D eigenvalue weighted by Gasteiger charge is -2.10. The number of hydrogen-bond acceptors (Lipinski definition) is 4. The molecule has 1 heterocycles. The highest BCUT2D eigenvalue weighted by atomic mass is 35.5. The zero-order chi connectivity index (χ0) is 17.1. The van der Waals surface area contributed by atoms with Crippen molar-refractivity contribution in [3.05, 3.63) is 70.0 Å². The predicted octanol–water partition coefficient (Wildman–Crippen LogP) is 4.53. The number of aromatic nitrogens is 2. The van der Waals surface area contributed by atoms with Gasteiger partial charge in [-0.1, -0.05) is 40.5 Å². The van der Waals surface area contributed by atoms with E-state index in [1.807, 2.05) is 0 Å². The van der Waals surface area contributed by atoms with Gasteiger partial charge in [0.1, 0.15) is 6.04 Å². The number of nitrogens with one attached hydrogen (secondary N) is 1. The molecule has 5 nitrogen and oxygen atoms in total. The third-order valence-corrected chi connectivity index (χ3v) is 3.96. The molecule has 0 bridgehead atoms. The Morgan fingerprint density at radius 2 is 1.83 bits per heavy atom. The highest BCUT2D eigenvalue weighted by Crippen LogP contribution is 2.21. The van der Waals surface area contributed by atoms with E-state index in [9.17, 15) is 4.79 Å². The van der Waals surface area contributed by atoms with Crippen molar-refractivity contribution in [2.24, 2.45) is 0 Å². The molecule has 1 aromatic heterocycles. The van der Waals surface area contributed by atoms with E-state index in [2.05, 4.69) is 15.5 Å². The average molecular weight is 362 g/mol. The van der Waals surface area contributed by atoms with Crippen molar-refractivity contribution in [3.8, 4) is 11.4 Å². The summed E-state index contributed by atoms with van der Waals surface area (Å²) in [6.45, 7) is 1.76. The lowest BCUT2D eigenvalue weighted by atomic mass is 10.2. The van der Waals surface area contributed by atoms with Crippen LogP contribution in [0.3, 0.4) is 0 Å². The Balaban J connectivity index is 1.74. The molecule has 3 rings (SSSR count). The molecule has 24 heavy (non-hydrogen) atoms. The highest BCUT2D eigenvalue weighted by molar-refractivity contribution is 6.33. The van der Waals surface area contributed by atoms with Crippen LogP contribution in [-0.2, 0) is 0 Å². The molecule has 2 aromatic carbocycles. The predicted molar refractivity (Wildman–Crippen MR) is 92.1 cm³/mol. The number of nitrogens with zero attached hydrogens (tertiary/aromatic N) is 2. The molecule has 0 radical (unpaired) electrons. The molecule has 0 spiro atoms. The number of halogens is 2. The molecule has 122 valence electrons. The van der Waals surface area contributed by atoms with Crippen LogP contribution in [0.25, 0.3) is 11.4 Å². The lowest BCUT2D eigenvalue weighted by molar-refractivity contribution is 0.0932. The quantitative estimate of drug-likeness (QED) is 0.740. The Morgan fingerprint density at radius 1 is 1.12 bits per heavy atom. The topological polar surface area (TPSA) is 68.0 Å². The smallest absolute Gasteiger partial charge is 0.253 e. The van der Waals surface area contributed by atoms with Crippen LogP contribution in [0.2, 0.25) is 10.0 Å². The van der Waals surface area contributed by atoms with Crippen LogP contribution in [0.4, 0.5) is 0 Å². The molecule has 1 atom stereocenters. The second-order valence-corrected chi connectivity index (χ2v) is 5.98. The van der Waals surface area contributed by atoms with Crippen LogP contribution >= 0.6 is 23.2 Å². The Kier molecular flexibility index (Phi) is 4.83. The molecule has 0 saturated heterocycles. The first-order valence-electron chi connectivity index (χ1n) is 7.19. The van der Waals surface area contributed by atoms with Gasteiger partial charge in [0.2, 0.25) is 11.7 Å². The number of rotatable bonds is 4. The van der Waals surface area contributed by atoms with Gasteiger partial charge >= 0.3 is 0 Å². The molecule has 1 unspecified atom stereocenters. The van der Waals surface area contributed by atoms with E-state index in [1.54, 1.807) is 55.5 Å². The van der Waals surface area contributed by atoms with Gasteiger partial charge in [-0.05, 0) is 43.3 Å². The standard InChI is InChI=1S/C17H13Cl2N3O2/c1-10(20-16(23)13-4-2-3-5-14(13)19)17-21-15(22-24-17)11-6-8-12(18)9-7-11/h2-10H,1H3,(H,20,23). The van der Waals surface area contributed by atoms with Crippen molar-refractivity contribution in [3.63, 3.8) is 0 Å². The summed E-state index contributed by atoms with van der Waals surface area (Å²) in [5.74, 6) is 0.431. The average Bonchev–Trinajstić information content (AvgIpc) is 3.06.